The van der Waals surface area contributed by atoms with Crippen molar-refractivity contribution >= 4 is 22.8 Å². The third kappa shape index (κ3) is 2.27. The Kier molecular flexibility index (Phi) is 3.40. The highest BCUT2D eigenvalue weighted by atomic mass is 35.5. The molecule has 0 spiro atoms. The Morgan fingerprint density at radius 1 is 1.20 bits per heavy atom. The zero-order valence-corrected chi connectivity index (χ0v) is 12.2. The topological polar surface area (TPSA) is 61.4 Å². The molecule has 3 heterocycles. The molecule has 3 aromatic rings. The van der Waals surface area contributed by atoms with E-state index >= 15 is 0 Å². The highest BCUT2D eigenvalue weighted by Gasteiger charge is 2.12. The lowest BCUT2D eigenvalue weighted by atomic mass is 10.3. The van der Waals surface area contributed by atoms with E-state index in [2.05, 4.69) is 24.7 Å². The number of halogens is 1. The molecule has 0 N–H and O–H groups in total. The Balaban J connectivity index is 1.97. The van der Waals surface area contributed by atoms with Crippen molar-refractivity contribution in [1.82, 2.24) is 29.3 Å². The van der Waals surface area contributed by atoms with Gasteiger partial charge in [0.2, 0.25) is 0 Å². The van der Waals surface area contributed by atoms with Crippen LogP contribution in [-0.4, -0.2) is 29.3 Å². The summed E-state index contributed by atoms with van der Waals surface area (Å²) in [7, 11) is 1.94. The van der Waals surface area contributed by atoms with Crippen molar-refractivity contribution < 1.29 is 0 Å². The first-order chi connectivity index (χ1) is 9.69. The molecule has 0 bridgehead atoms. The van der Waals surface area contributed by atoms with Crippen molar-refractivity contribution in [2.24, 2.45) is 7.05 Å². The zero-order chi connectivity index (χ0) is 14.1. The number of rotatable bonds is 4. The lowest BCUT2D eigenvalue weighted by molar-refractivity contribution is 0.640. The fraction of sp³-hybridized carbons (Fsp3) is 0.385. The van der Waals surface area contributed by atoms with E-state index in [0.717, 1.165) is 41.5 Å². The molecule has 3 aromatic heterocycles. The normalized spacial score (nSPS) is 11.3. The summed E-state index contributed by atoms with van der Waals surface area (Å²) in [6.07, 6.45) is 2.47. The van der Waals surface area contributed by atoms with Crippen LogP contribution in [0.4, 0.5) is 0 Å². The number of pyridine rings is 1. The van der Waals surface area contributed by atoms with Crippen LogP contribution in [0.25, 0.3) is 11.2 Å². The first-order valence-electron chi connectivity index (χ1n) is 6.40. The van der Waals surface area contributed by atoms with Crippen LogP contribution in [0.15, 0.2) is 18.5 Å². The van der Waals surface area contributed by atoms with Gasteiger partial charge in [-0.25, -0.2) is 9.97 Å². The predicted molar refractivity (Wildman–Crippen MR) is 76.5 cm³/mol. The number of aryl methyl sites for hydroxylation is 4. The van der Waals surface area contributed by atoms with Gasteiger partial charge in [-0.15, -0.1) is 21.8 Å². The van der Waals surface area contributed by atoms with Crippen LogP contribution in [0, 0.1) is 6.92 Å². The monoisotopic (exact) mass is 290 g/mol. The van der Waals surface area contributed by atoms with Crippen LogP contribution < -0.4 is 0 Å². The minimum absolute atomic E-state index is 0.369. The van der Waals surface area contributed by atoms with Crippen molar-refractivity contribution in [3.63, 3.8) is 0 Å². The van der Waals surface area contributed by atoms with E-state index in [0.29, 0.717) is 5.88 Å². The van der Waals surface area contributed by atoms with E-state index in [1.807, 2.05) is 30.7 Å². The van der Waals surface area contributed by atoms with Gasteiger partial charge in [0.05, 0.1) is 5.88 Å². The van der Waals surface area contributed by atoms with Gasteiger partial charge in [0.15, 0.2) is 5.65 Å². The summed E-state index contributed by atoms with van der Waals surface area (Å²) in [5, 5.41) is 7.98. The van der Waals surface area contributed by atoms with Crippen LogP contribution in [0.1, 0.15) is 17.3 Å². The third-order valence-electron chi connectivity index (χ3n) is 3.29. The second-order valence-electron chi connectivity index (χ2n) is 4.72. The molecule has 0 aliphatic heterocycles. The Morgan fingerprint density at radius 3 is 2.75 bits per heavy atom. The van der Waals surface area contributed by atoms with Gasteiger partial charge in [0.25, 0.3) is 0 Å². The number of alkyl halides is 1. The van der Waals surface area contributed by atoms with E-state index < -0.39 is 0 Å². The van der Waals surface area contributed by atoms with Crippen LogP contribution in [-0.2, 0) is 25.9 Å². The molecule has 0 amide bonds. The Hall–Kier alpha value is -1.95. The van der Waals surface area contributed by atoms with E-state index in [1.165, 1.54) is 0 Å². The number of hydrogen-bond acceptors (Lipinski definition) is 4. The molecule has 0 atom stereocenters. The molecule has 7 heteroatoms. The fourth-order valence-corrected chi connectivity index (χ4v) is 2.43. The lowest BCUT2D eigenvalue weighted by Crippen LogP contribution is -2.09. The van der Waals surface area contributed by atoms with Crippen molar-refractivity contribution in [3.05, 3.63) is 35.8 Å². The van der Waals surface area contributed by atoms with Crippen LogP contribution in [0.3, 0.4) is 0 Å². The molecular formula is C13H15ClN6. The van der Waals surface area contributed by atoms with Gasteiger partial charge in [-0.3, -0.25) is 0 Å². The first-order valence-corrected chi connectivity index (χ1v) is 6.94. The number of aromatic nitrogens is 6. The molecule has 0 saturated carbocycles. The first kappa shape index (κ1) is 13.1. The van der Waals surface area contributed by atoms with Crippen molar-refractivity contribution in [2.75, 3.05) is 0 Å². The largest absolute Gasteiger partial charge is 0.321 e. The molecular weight excluding hydrogens is 276 g/mol. The Bertz CT molecular complexity index is 744. The minimum atomic E-state index is 0.369. The number of hydrogen-bond donors (Lipinski definition) is 0. The summed E-state index contributed by atoms with van der Waals surface area (Å²) in [5.74, 6) is 2.13. The van der Waals surface area contributed by atoms with Crippen LogP contribution >= 0.6 is 11.6 Å². The summed E-state index contributed by atoms with van der Waals surface area (Å²) >= 11 is 5.99. The second kappa shape index (κ2) is 5.20. The smallest absolute Gasteiger partial charge is 0.160 e. The van der Waals surface area contributed by atoms with E-state index in [4.69, 9.17) is 11.6 Å². The summed E-state index contributed by atoms with van der Waals surface area (Å²) < 4.78 is 3.97. The zero-order valence-electron chi connectivity index (χ0n) is 11.4. The Morgan fingerprint density at radius 2 is 2.05 bits per heavy atom. The fourth-order valence-electron chi connectivity index (χ4n) is 2.23. The highest BCUT2D eigenvalue weighted by molar-refractivity contribution is 6.16. The Labute approximate surface area is 121 Å². The van der Waals surface area contributed by atoms with Gasteiger partial charge < -0.3 is 9.13 Å². The van der Waals surface area contributed by atoms with Crippen LogP contribution in [0.2, 0.25) is 0 Å². The molecule has 0 unspecified atom stereocenters. The van der Waals surface area contributed by atoms with Crippen molar-refractivity contribution in [3.8, 4) is 0 Å². The minimum Gasteiger partial charge on any atom is -0.321 e. The van der Waals surface area contributed by atoms with Gasteiger partial charge >= 0.3 is 0 Å². The number of imidazole rings is 1. The van der Waals surface area contributed by atoms with E-state index in [-0.39, 0.29) is 0 Å². The maximum absolute atomic E-state index is 5.99. The lowest BCUT2D eigenvalue weighted by Gasteiger charge is -2.07. The summed E-state index contributed by atoms with van der Waals surface area (Å²) in [5.41, 5.74) is 2.73. The van der Waals surface area contributed by atoms with Gasteiger partial charge in [0.1, 0.15) is 23.5 Å². The molecule has 20 heavy (non-hydrogen) atoms. The number of nitrogens with zero attached hydrogens (tertiary/aromatic N) is 6. The molecule has 104 valence electrons. The summed E-state index contributed by atoms with van der Waals surface area (Å²) in [6.45, 7) is 2.71. The quantitative estimate of drug-likeness (QED) is 0.688. The average molecular weight is 291 g/mol. The van der Waals surface area contributed by atoms with E-state index in [9.17, 15) is 0 Å². The van der Waals surface area contributed by atoms with Gasteiger partial charge in [-0.05, 0) is 19.1 Å². The second-order valence-corrected chi connectivity index (χ2v) is 4.98. The van der Waals surface area contributed by atoms with Crippen molar-refractivity contribution in [2.45, 2.75) is 25.8 Å². The summed E-state index contributed by atoms with van der Waals surface area (Å²) in [6, 6.07) is 3.94. The molecule has 0 radical (unpaired) electrons. The molecule has 0 saturated heterocycles. The molecule has 0 aliphatic rings. The van der Waals surface area contributed by atoms with Gasteiger partial charge in [-0.2, -0.15) is 0 Å². The predicted octanol–water partition coefficient (Wildman–Crippen LogP) is 1.85. The molecule has 6 nitrogen and oxygen atoms in total. The van der Waals surface area contributed by atoms with Gasteiger partial charge in [-0.1, -0.05) is 0 Å². The van der Waals surface area contributed by atoms with Crippen molar-refractivity contribution in [1.29, 1.82) is 0 Å². The molecule has 0 fully saturated rings. The van der Waals surface area contributed by atoms with E-state index in [1.54, 1.807) is 6.33 Å². The molecule has 3 rings (SSSR count). The SMILES string of the molecule is Cc1ccc2nc(CCl)n(CCc3nncn3C)c2n1. The maximum Gasteiger partial charge on any atom is 0.160 e. The number of fused-ring (bicyclic) bond motifs is 1. The molecule has 0 aromatic carbocycles. The standard InChI is InChI=1S/C13H15ClN6/c1-9-3-4-10-13(16-9)20(12(7-14)17-10)6-5-11-18-15-8-19(11)2/h3-4,8H,5-7H2,1-2H3. The van der Waals surface area contributed by atoms with Crippen LogP contribution in [0.5, 0.6) is 0 Å². The summed E-state index contributed by atoms with van der Waals surface area (Å²) in [4.78, 5) is 9.09. The highest BCUT2D eigenvalue weighted by Crippen LogP contribution is 2.17. The average Bonchev–Trinajstić information content (AvgIpc) is 2.99. The molecule has 0 aliphatic carbocycles. The third-order valence-corrected chi connectivity index (χ3v) is 3.53. The maximum atomic E-state index is 5.99. The van der Waals surface area contributed by atoms with Gasteiger partial charge in [0, 0.05) is 25.7 Å².